The Hall–Kier alpha value is -3.81. The molecule has 1 fully saturated rings. The van der Waals surface area contributed by atoms with Crippen LogP contribution in [0.4, 0.5) is 4.79 Å². The summed E-state index contributed by atoms with van der Waals surface area (Å²) in [5, 5.41) is 0. The molecule has 192 valence electrons. The largest absolute Gasteiger partial charge is 0.493 e. The molecule has 0 saturated carbocycles. The van der Waals surface area contributed by atoms with Crippen LogP contribution in [-0.2, 0) is 27.3 Å². The minimum absolute atomic E-state index is 0. The first-order valence-electron chi connectivity index (χ1n) is 11.7. The molecule has 1 aliphatic rings. The molecular formula is C28H34N2O6. The number of ether oxygens (including phenoxy) is 3. The minimum atomic E-state index is -0.682. The van der Waals surface area contributed by atoms with E-state index in [0.717, 1.165) is 22.6 Å². The van der Waals surface area contributed by atoms with Gasteiger partial charge in [0, 0.05) is 13.3 Å². The van der Waals surface area contributed by atoms with Crippen molar-refractivity contribution in [2.75, 3.05) is 13.7 Å². The van der Waals surface area contributed by atoms with Crippen molar-refractivity contribution in [3.63, 3.8) is 0 Å². The minimum Gasteiger partial charge on any atom is -0.493 e. The molecule has 0 aliphatic carbocycles. The number of methoxy groups -OCH3 is 1. The first-order chi connectivity index (χ1) is 17.0. The zero-order chi connectivity index (χ0) is 24.8. The maximum atomic E-state index is 13.1. The number of benzene rings is 2. The maximum Gasteiger partial charge on any atom is 0.411 e. The zero-order valence-corrected chi connectivity index (χ0v) is 20.2. The molecule has 1 aromatic heterocycles. The van der Waals surface area contributed by atoms with E-state index in [9.17, 15) is 9.59 Å². The number of rotatable bonds is 8. The smallest absolute Gasteiger partial charge is 0.411 e. The van der Waals surface area contributed by atoms with Crippen LogP contribution in [0.15, 0.2) is 59.0 Å². The molecule has 0 spiro atoms. The van der Waals surface area contributed by atoms with Crippen molar-refractivity contribution in [1.29, 1.82) is 0 Å². The number of aromatic nitrogens is 1. The predicted molar refractivity (Wildman–Crippen MR) is 135 cm³/mol. The van der Waals surface area contributed by atoms with Gasteiger partial charge in [-0.2, -0.15) is 0 Å². The molecule has 8 nitrogen and oxygen atoms in total. The van der Waals surface area contributed by atoms with Gasteiger partial charge in [-0.1, -0.05) is 49.9 Å². The summed E-state index contributed by atoms with van der Waals surface area (Å²) < 4.78 is 21.8. The molecule has 4 rings (SSSR count). The van der Waals surface area contributed by atoms with Gasteiger partial charge in [0.1, 0.15) is 24.2 Å². The highest BCUT2D eigenvalue weighted by molar-refractivity contribution is 5.82. The van der Waals surface area contributed by atoms with Crippen molar-refractivity contribution in [1.82, 2.24) is 9.88 Å². The quantitative estimate of drug-likeness (QED) is 0.378. The number of likely N-dealkylation sites (tertiary alicyclic amines) is 1. The SMILES string of the molecule is C.COC(=O)[C@@H]1CC[C@@H](c2ccc(OCCc3nc(C)oc3C)cc2)N1C(=O)OCc1ccccc1. The molecule has 2 aromatic carbocycles. The molecule has 36 heavy (non-hydrogen) atoms. The van der Waals surface area contributed by atoms with Crippen LogP contribution in [0.2, 0.25) is 0 Å². The van der Waals surface area contributed by atoms with Crippen molar-refractivity contribution < 1.29 is 28.2 Å². The lowest BCUT2D eigenvalue weighted by molar-refractivity contribution is -0.145. The van der Waals surface area contributed by atoms with E-state index >= 15 is 0 Å². The monoisotopic (exact) mass is 494 g/mol. The van der Waals surface area contributed by atoms with Gasteiger partial charge < -0.3 is 18.6 Å². The molecule has 1 aliphatic heterocycles. The molecule has 1 amide bonds. The Balaban J connectivity index is 0.00000361. The fourth-order valence-corrected chi connectivity index (χ4v) is 4.41. The van der Waals surface area contributed by atoms with E-state index in [2.05, 4.69) is 4.98 Å². The Labute approximate surface area is 212 Å². The average Bonchev–Trinajstić information content (AvgIpc) is 3.46. The summed E-state index contributed by atoms with van der Waals surface area (Å²) in [7, 11) is 1.33. The Bertz CT molecular complexity index is 1140. The van der Waals surface area contributed by atoms with Gasteiger partial charge in [-0.05, 0) is 43.0 Å². The number of hydrogen-bond donors (Lipinski definition) is 0. The highest BCUT2D eigenvalue weighted by atomic mass is 16.6. The number of oxazole rings is 1. The highest BCUT2D eigenvalue weighted by Crippen LogP contribution is 2.38. The van der Waals surface area contributed by atoms with E-state index in [-0.39, 0.29) is 20.1 Å². The lowest BCUT2D eigenvalue weighted by Gasteiger charge is -2.28. The lowest BCUT2D eigenvalue weighted by Crippen LogP contribution is -2.42. The molecule has 2 heterocycles. The predicted octanol–water partition coefficient (Wildman–Crippen LogP) is 5.56. The van der Waals surface area contributed by atoms with Gasteiger partial charge in [-0.25, -0.2) is 14.6 Å². The van der Waals surface area contributed by atoms with Gasteiger partial charge in [0.2, 0.25) is 0 Å². The standard InChI is InChI=1S/C27H30N2O6.CH4/c1-18-23(28-19(2)35-18)15-16-33-22-11-9-21(10-12-22)24-13-14-25(26(30)32-3)29(24)27(31)34-17-20-7-5-4-6-8-20;/h4-12,24-25H,13-17H2,1-3H3;1H4/t24-,25-;/m0./s1. The third kappa shape index (κ3) is 6.24. The van der Waals surface area contributed by atoms with Crippen molar-refractivity contribution >= 4 is 12.1 Å². The van der Waals surface area contributed by atoms with Gasteiger partial charge >= 0.3 is 12.1 Å². The van der Waals surface area contributed by atoms with E-state index < -0.39 is 18.1 Å². The Morgan fingerprint density at radius 3 is 2.42 bits per heavy atom. The Kier molecular flexibility index (Phi) is 9.11. The van der Waals surface area contributed by atoms with Crippen LogP contribution in [0.25, 0.3) is 0 Å². The molecule has 0 unspecified atom stereocenters. The van der Waals surface area contributed by atoms with Gasteiger partial charge in [0.25, 0.3) is 0 Å². The number of nitrogens with zero attached hydrogens (tertiary/aromatic N) is 2. The first kappa shape index (κ1) is 26.8. The third-order valence-electron chi connectivity index (χ3n) is 6.15. The summed E-state index contributed by atoms with van der Waals surface area (Å²) in [5.41, 5.74) is 2.68. The average molecular weight is 495 g/mol. The summed E-state index contributed by atoms with van der Waals surface area (Å²) >= 11 is 0. The van der Waals surface area contributed by atoms with Gasteiger partial charge in [-0.3, -0.25) is 4.90 Å². The molecule has 0 N–H and O–H groups in total. The van der Waals surface area contributed by atoms with Gasteiger partial charge in [0.15, 0.2) is 5.89 Å². The zero-order valence-electron chi connectivity index (χ0n) is 20.2. The van der Waals surface area contributed by atoms with Crippen LogP contribution in [-0.4, -0.2) is 41.7 Å². The highest BCUT2D eigenvalue weighted by Gasteiger charge is 2.43. The molecule has 8 heteroatoms. The van der Waals surface area contributed by atoms with Crippen LogP contribution < -0.4 is 4.74 Å². The van der Waals surface area contributed by atoms with Gasteiger partial charge in [-0.15, -0.1) is 0 Å². The topological polar surface area (TPSA) is 91.1 Å². The van der Waals surface area contributed by atoms with Crippen LogP contribution in [0, 0.1) is 13.8 Å². The van der Waals surface area contributed by atoms with Crippen LogP contribution >= 0.6 is 0 Å². The van der Waals surface area contributed by atoms with E-state index in [1.165, 1.54) is 12.0 Å². The number of amides is 1. The number of hydrogen-bond acceptors (Lipinski definition) is 7. The van der Waals surface area contributed by atoms with Crippen LogP contribution in [0.5, 0.6) is 5.75 Å². The lowest BCUT2D eigenvalue weighted by atomic mass is 10.0. The molecule has 2 atom stereocenters. The number of esters is 1. The van der Waals surface area contributed by atoms with Crippen molar-refractivity contribution in [2.45, 2.75) is 59.2 Å². The summed E-state index contributed by atoms with van der Waals surface area (Å²) in [6.07, 6.45) is 1.25. The molecule has 1 saturated heterocycles. The second-order valence-electron chi connectivity index (χ2n) is 8.48. The summed E-state index contributed by atoms with van der Waals surface area (Å²) in [5.74, 6) is 1.73. The van der Waals surface area contributed by atoms with Crippen LogP contribution in [0.1, 0.15) is 54.8 Å². The van der Waals surface area contributed by atoms with Crippen LogP contribution in [0.3, 0.4) is 0 Å². The Morgan fingerprint density at radius 2 is 1.78 bits per heavy atom. The van der Waals surface area contributed by atoms with Crippen molar-refractivity contribution in [2.24, 2.45) is 0 Å². The fraction of sp³-hybridized carbons (Fsp3) is 0.393. The third-order valence-corrected chi connectivity index (χ3v) is 6.15. The second-order valence-corrected chi connectivity index (χ2v) is 8.48. The summed E-state index contributed by atoms with van der Waals surface area (Å²) in [6.45, 7) is 4.32. The van der Waals surface area contributed by atoms with Gasteiger partial charge in [0.05, 0.1) is 25.5 Å². The number of carbonyl (C=O) groups is 2. The van der Waals surface area contributed by atoms with E-state index in [0.29, 0.717) is 37.5 Å². The maximum absolute atomic E-state index is 13.1. The number of aryl methyl sites for hydroxylation is 2. The normalized spacial score (nSPS) is 16.8. The van der Waals surface area contributed by atoms with Crippen molar-refractivity contribution in [3.05, 3.63) is 83.1 Å². The molecule has 0 radical (unpaired) electrons. The fourth-order valence-electron chi connectivity index (χ4n) is 4.41. The van der Waals surface area contributed by atoms with E-state index in [1.54, 1.807) is 0 Å². The molecule has 0 bridgehead atoms. The second kappa shape index (κ2) is 12.2. The molecular weight excluding hydrogens is 460 g/mol. The van der Waals surface area contributed by atoms with E-state index in [4.69, 9.17) is 18.6 Å². The van der Waals surface area contributed by atoms with E-state index in [1.807, 2.05) is 68.4 Å². The number of carbonyl (C=O) groups excluding carboxylic acids is 2. The summed E-state index contributed by atoms with van der Waals surface area (Å²) in [6, 6.07) is 16.0. The van der Waals surface area contributed by atoms with Crippen molar-refractivity contribution in [3.8, 4) is 5.75 Å². The molecule has 3 aromatic rings. The first-order valence-corrected chi connectivity index (χ1v) is 11.7. The Morgan fingerprint density at radius 1 is 1.06 bits per heavy atom. The summed E-state index contributed by atoms with van der Waals surface area (Å²) in [4.78, 5) is 31.3.